The Morgan fingerprint density at radius 1 is 1.21 bits per heavy atom. The van der Waals surface area contributed by atoms with Crippen LogP contribution in [-0.4, -0.2) is 6.10 Å². The number of alkyl halides is 1. The van der Waals surface area contributed by atoms with Gasteiger partial charge in [0.2, 0.25) is 0 Å². The lowest BCUT2D eigenvalue weighted by Crippen LogP contribution is -2.05. The number of fused-ring (bicyclic) bond motifs is 1. The summed E-state index contributed by atoms with van der Waals surface area (Å²) < 4.78 is 5.76. The lowest BCUT2D eigenvalue weighted by Gasteiger charge is -2.13. The molecule has 0 saturated heterocycles. The first-order valence-electron chi connectivity index (χ1n) is 7.18. The van der Waals surface area contributed by atoms with E-state index in [0.29, 0.717) is 22.9 Å². The van der Waals surface area contributed by atoms with Crippen LogP contribution in [0.15, 0.2) is 18.2 Å². The third-order valence-corrected chi connectivity index (χ3v) is 6.17. The van der Waals surface area contributed by atoms with E-state index in [9.17, 15) is 0 Å². The fourth-order valence-electron chi connectivity index (χ4n) is 3.79. The molecule has 1 aliphatic heterocycles. The number of ether oxygens (including phenoxy) is 1. The van der Waals surface area contributed by atoms with Gasteiger partial charge in [-0.2, -0.15) is 0 Å². The molecule has 0 N–H and O–H groups in total. The molecule has 104 valence electrons. The van der Waals surface area contributed by atoms with Crippen LogP contribution in [0.3, 0.4) is 0 Å². The molecular formula is C17H23ClO. The molecule has 19 heavy (non-hydrogen) atoms. The van der Waals surface area contributed by atoms with Gasteiger partial charge in [0.1, 0.15) is 11.9 Å². The molecule has 0 amide bonds. The first kappa shape index (κ1) is 13.3. The van der Waals surface area contributed by atoms with Gasteiger partial charge in [-0.3, -0.25) is 0 Å². The normalized spacial score (nSPS) is 28.6. The Hall–Kier alpha value is -0.690. The summed E-state index contributed by atoms with van der Waals surface area (Å²) in [6, 6.07) is 6.48. The molecule has 1 nitrogen and oxygen atoms in total. The molecule has 1 aromatic carbocycles. The van der Waals surface area contributed by atoms with Gasteiger partial charge < -0.3 is 4.74 Å². The summed E-state index contributed by atoms with van der Waals surface area (Å²) in [5, 5.41) is 0.103. The Kier molecular flexibility index (Phi) is 2.74. The van der Waals surface area contributed by atoms with Gasteiger partial charge in [-0.1, -0.05) is 39.8 Å². The smallest absolute Gasteiger partial charge is 0.123 e. The van der Waals surface area contributed by atoms with Gasteiger partial charge in [-0.05, 0) is 40.9 Å². The molecule has 1 aromatic rings. The van der Waals surface area contributed by atoms with Gasteiger partial charge in [-0.15, -0.1) is 11.6 Å². The zero-order chi connectivity index (χ0) is 14.0. The highest BCUT2D eigenvalue weighted by molar-refractivity contribution is 6.21. The van der Waals surface area contributed by atoms with Crippen molar-refractivity contribution in [1.29, 1.82) is 0 Å². The van der Waals surface area contributed by atoms with E-state index in [4.69, 9.17) is 16.3 Å². The molecular weight excluding hydrogens is 256 g/mol. The number of hydrogen-bond acceptors (Lipinski definition) is 1. The maximum atomic E-state index is 6.77. The van der Waals surface area contributed by atoms with E-state index in [-0.39, 0.29) is 5.38 Å². The van der Waals surface area contributed by atoms with Crippen molar-refractivity contribution < 1.29 is 4.74 Å². The van der Waals surface area contributed by atoms with Crippen LogP contribution in [0.5, 0.6) is 5.75 Å². The van der Waals surface area contributed by atoms with Gasteiger partial charge in [0.15, 0.2) is 0 Å². The van der Waals surface area contributed by atoms with Crippen molar-refractivity contribution in [2.24, 2.45) is 16.7 Å². The van der Waals surface area contributed by atoms with Crippen LogP contribution in [0, 0.1) is 16.7 Å². The molecule has 2 unspecified atom stereocenters. The molecule has 0 aromatic heterocycles. The van der Waals surface area contributed by atoms with E-state index in [2.05, 4.69) is 52.8 Å². The van der Waals surface area contributed by atoms with Crippen molar-refractivity contribution in [2.75, 3.05) is 0 Å². The van der Waals surface area contributed by atoms with Crippen LogP contribution in [0.4, 0.5) is 0 Å². The minimum Gasteiger partial charge on any atom is -0.490 e. The van der Waals surface area contributed by atoms with Crippen molar-refractivity contribution in [1.82, 2.24) is 0 Å². The average Bonchev–Trinajstić information content (AvgIpc) is 2.58. The minimum atomic E-state index is 0.103. The number of benzene rings is 1. The Morgan fingerprint density at radius 2 is 1.84 bits per heavy atom. The van der Waals surface area contributed by atoms with Gasteiger partial charge in [0.05, 0.1) is 5.38 Å². The second-order valence-electron chi connectivity index (χ2n) is 7.32. The van der Waals surface area contributed by atoms with Crippen molar-refractivity contribution in [3.05, 3.63) is 29.3 Å². The maximum Gasteiger partial charge on any atom is 0.123 e. The monoisotopic (exact) mass is 278 g/mol. The number of rotatable bonds is 2. The Labute approximate surface area is 121 Å². The van der Waals surface area contributed by atoms with E-state index in [0.717, 1.165) is 12.2 Å². The molecule has 2 heteroatoms. The molecule has 2 aliphatic rings. The summed E-state index contributed by atoms with van der Waals surface area (Å²) in [5.74, 6) is 1.58. The summed E-state index contributed by atoms with van der Waals surface area (Å²) >= 11 is 6.77. The van der Waals surface area contributed by atoms with Gasteiger partial charge in [0, 0.05) is 6.42 Å². The zero-order valence-corrected chi connectivity index (χ0v) is 13.2. The molecule has 1 saturated carbocycles. The molecule has 0 radical (unpaired) electrons. The first-order valence-corrected chi connectivity index (χ1v) is 7.62. The average molecular weight is 279 g/mol. The molecule has 3 rings (SSSR count). The van der Waals surface area contributed by atoms with Crippen LogP contribution in [0.2, 0.25) is 0 Å². The van der Waals surface area contributed by atoms with Crippen LogP contribution < -0.4 is 4.74 Å². The number of hydrogen-bond donors (Lipinski definition) is 0. The second-order valence-corrected chi connectivity index (χ2v) is 7.79. The maximum absolute atomic E-state index is 6.77. The van der Waals surface area contributed by atoms with E-state index < -0.39 is 0 Å². The third-order valence-electron chi connectivity index (χ3n) is 5.66. The Balaban J connectivity index is 1.87. The highest BCUT2D eigenvalue weighted by atomic mass is 35.5. The lowest BCUT2D eigenvalue weighted by atomic mass is 9.99. The minimum absolute atomic E-state index is 0.103. The van der Waals surface area contributed by atoms with Crippen LogP contribution in [-0.2, 0) is 6.42 Å². The molecule has 0 bridgehead atoms. The predicted octanol–water partition coefficient (Wildman–Crippen LogP) is 4.97. The largest absolute Gasteiger partial charge is 0.490 e. The van der Waals surface area contributed by atoms with Crippen molar-refractivity contribution in [3.63, 3.8) is 0 Å². The third kappa shape index (κ3) is 1.81. The fraction of sp³-hybridized carbons (Fsp3) is 0.647. The van der Waals surface area contributed by atoms with E-state index in [1.807, 2.05) is 0 Å². The van der Waals surface area contributed by atoms with E-state index in [1.165, 1.54) is 11.1 Å². The summed E-state index contributed by atoms with van der Waals surface area (Å²) in [5.41, 5.74) is 3.21. The molecule has 1 heterocycles. The SMILES string of the molecule is CC1Cc2cc(C(Cl)C3C(C)(C)C3(C)C)ccc2O1. The molecule has 0 spiro atoms. The van der Waals surface area contributed by atoms with Gasteiger partial charge >= 0.3 is 0 Å². The molecule has 1 fully saturated rings. The zero-order valence-electron chi connectivity index (χ0n) is 12.5. The lowest BCUT2D eigenvalue weighted by molar-refractivity contribution is 0.254. The van der Waals surface area contributed by atoms with Gasteiger partial charge in [-0.25, -0.2) is 0 Å². The van der Waals surface area contributed by atoms with Crippen LogP contribution in [0.1, 0.15) is 51.1 Å². The highest BCUT2D eigenvalue weighted by Gasteiger charge is 2.67. The number of halogens is 1. The van der Waals surface area contributed by atoms with E-state index >= 15 is 0 Å². The first-order chi connectivity index (χ1) is 8.75. The van der Waals surface area contributed by atoms with Crippen molar-refractivity contribution in [2.45, 2.75) is 52.5 Å². The molecule has 1 aliphatic carbocycles. The highest BCUT2D eigenvalue weighted by Crippen LogP contribution is 2.73. The van der Waals surface area contributed by atoms with Gasteiger partial charge in [0.25, 0.3) is 0 Å². The van der Waals surface area contributed by atoms with Crippen LogP contribution >= 0.6 is 11.6 Å². The quantitative estimate of drug-likeness (QED) is 0.694. The van der Waals surface area contributed by atoms with Crippen molar-refractivity contribution in [3.8, 4) is 5.75 Å². The topological polar surface area (TPSA) is 9.23 Å². The van der Waals surface area contributed by atoms with E-state index in [1.54, 1.807) is 0 Å². The van der Waals surface area contributed by atoms with Crippen molar-refractivity contribution >= 4 is 11.6 Å². The predicted molar refractivity (Wildman–Crippen MR) is 79.9 cm³/mol. The summed E-state index contributed by atoms with van der Waals surface area (Å²) in [6.07, 6.45) is 1.30. The Bertz CT molecular complexity index is 504. The summed E-state index contributed by atoms with van der Waals surface area (Å²) in [6.45, 7) is 11.4. The summed E-state index contributed by atoms with van der Waals surface area (Å²) in [7, 11) is 0. The van der Waals surface area contributed by atoms with Crippen LogP contribution in [0.25, 0.3) is 0 Å². The molecule has 2 atom stereocenters. The Morgan fingerprint density at radius 3 is 2.42 bits per heavy atom. The second kappa shape index (κ2) is 3.91. The standard InChI is InChI=1S/C17H23ClO/c1-10-8-12-9-11(6-7-13(12)19-10)14(18)15-16(2,3)17(15,4)5/h6-7,9-10,14-15H,8H2,1-5H3. The fourth-order valence-corrected chi connectivity index (χ4v) is 4.55. The summed E-state index contributed by atoms with van der Waals surface area (Å²) in [4.78, 5) is 0.